The number of carbonyl (C=O) groups is 5. The number of cyclic esters (lactones) is 1. The second-order valence-corrected chi connectivity index (χ2v) is 15.4. The van der Waals surface area contributed by atoms with E-state index >= 15 is 0 Å². The van der Waals surface area contributed by atoms with E-state index in [1.807, 2.05) is 58.0 Å². The number of nitrogens with zero attached hydrogens (tertiary/aromatic N) is 3. The summed E-state index contributed by atoms with van der Waals surface area (Å²) in [6.07, 6.45) is 1.19. The van der Waals surface area contributed by atoms with Crippen LogP contribution in [0.5, 0.6) is 0 Å². The third kappa shape index (κ3) is 8.54. The number of nitrogens with one attached hydrogen (secondary N) is 3. The van der Waals surface area contributed by atoms with E-state index < -0.39 is 59.1 Å². The van der Waals surface area contributed by atoms with Gasteiger partial charge in [-0.2, -0.15) is 0 Å². The minimum Gasteiger partial charge on any atom is -0.452 e. The Morgan fingerprint density at radius 1 is 0.960 bits per heavy atom. The van der Waals surface area contributed by atoms with E-state index in [9.17, 15) is 24.0 Å². The molecule has 0 unspecified atom stereocenters. The molecule has 0 radical (unpaired) electrons. The van der Waals surface area contributed by atoms with E-state index in [-0.39, 0.29) is 11.8 Å². The molecule has 4 atom stereocenters. The van der Waals surface area contributed by atoms with Gasteiger partial charge in [0.25, 0.3) is 11.8 Å². The highest BCUT2D eigenvalue weighted by atomic mass is 16.6. The van der Waals surface area contributed by atoms with Gasteiger partial charge in [-0.15, -0.1) is 0 Å². The number of aryl methyl sites for hydroxylation is 1. The molecule has 3 aliphatic heterocycles. The number of pyridine rings is 1. The maximum Gasteiger partial charge on any atom is 0.410 e. The van der Waals surface area contributed by atoms with Crippen LogP contribution in [0.2, 0.25) is 0 Å². The fraction of sp³-hybridized carbons (Fsp3) is 0.622. The van der Waals surface area contributed by atoms with E-state index in [0.29, 0.717) is 63.9 Å². The summed E-state index contributed by atoms with van der Waals surface area (Å²) in [7, 11) is 0. The number of hydrogen-bond donors (Lipinski definition) is 3. The average Bonchev–Trinajstić information content (AvgIpc) is 3.07. The summed E-state index contributed by atoms with van der Waals surface area (Å²) in [4.78, 5) is 74.1. The van der Waals surface area contributed by atoms with Crippen molar-refractivity contribution in [3.05, 3.63) is 41.6 Å². The van der Waals surface area contributed by atoms with Crippen molar-refractivity contribution in [3.63, 3.8) is 0 Å². The first-order chi connectivity index (χ1) is 23.5. The van der Waals surface area contributed by atoms with Crippen LogP contribution >= 0.6 is 0 Å². The molecule has 4 amide bonds. The quantitative estimate of drug-likeness (QED) is 0.377. The maximum absolute atomic E-state index is 14.3. The van der Waals surface area contributed by atoms with E-state index in [1.165, 1.54) is 5.01 Å². The van der Waals surface area contributed by atoms with Gasteiger partial charge in [-0.3, -0.25) is 29.2 Å². The first kappa shape index (κ1) is 37.0. The minimum atomic E-state index is -1.15. The predicted octanol–water partition coefficient (Wildman–Crippen LogP) is 3.94. The van der Waals surface area contributed by atoms with Crippen molar-refractivity contribution >= 4 is 40.7 Å². The summed E-state index contributed by atoms with van der Waals surface area (Å²) in [6.45, 7) is 13.4. The molecule has 0 aliphatic carbocycles. The Bertz CT molecular complexity index is 1610. The number of esters is 1. The van der Waals surface area contributed by atoms with Crippen molar-refractivity contribution in [2.24, 2.45) is 11.3 Å². The molecular weight excluding hydrogens is 640 g/mol. The normalized spacial score (nSPS) is 25.7. The fourth-order valence-electron chi connectivity index (χ4n) is 6.80. The molecule has 5 bridgehead atoms. The van der Waals surface area contributed by atoms with Crippen molar-refractivity contribution in [3.8, 4) is 0 Å². The highest BCUT2D eigenvalue weighted by molar-refractivity contribution is 5.91. The second-order valence-electron chi connectivity index (χ2n) is 15.4. The van der Waals surface area contributed by atoms with Gasteiger partial charge in [0.15, 0.2) is 6.10 Å². The molecule has 2 aromatic rings. The Kier molecular flexibility index (Phi) is 11.0. The number of rotatable bonds is 1. The number of amides is 4. The summed E-state index contributed by atoms with van der Waals surface area (Å²) in [5, 5.41) is 8.11. The standard InChI is InChI=1S/C37H52N6O7/c1-22(2)30-32(45)39-24(4)33(46)43-18-8-9-28(41-43)31(44)38-23(3)27-13-12-26-11-10-25(21-29(26)40-27)14-15-37(34(47)49-30)16-19-42(20-17-37)35(48)50-36(5,6)7/h10-13,21-24,28,30,41H,8-9,14-20H2,1-7H3,(H,38,44)(H,39,45)/t23-,24+,28+,30+/m1/s1. The molecule has 13 nitrogen and oxygen atoms in total. The van der Waals surface area contributed by atoms with Crippen LogP contribution in [0.4, 0.5) is 4.79 Å². The van der Waals surface area contributed by atoms with Gasteiger partial charge in [0.1, 0.15) is 17.7 Å². The van der Waals surface area contributed by atoms with Gasteiger partial charge >= 0.3 is 12.1 Å². The molecule has 1 aromatic carbocycles. The average molecular weight is 693 g/mol. The summed E-state index contributed by atoms with van der Waals surface area (Å²) in [5.41, 5.74) is 3.86. The summed E-state index contributed by atoms with van der Waals surface area (Å²) >= 11 is 0. The first-order valence-electron chi connectivity index (χ1n) is 17.8. The molecule has 5 rings (SSSR count). The van der Waals surface area contributed by atoms with Crippen LogP contribution in [0, 0.1) is 11.3 Å². The highest BCUT2D eigenvalue weighted by Crippen LogP contribution is 2.39. The zero-order valence-electron chi connectivity index (χ0n) is 30.3. The molecule has 272 valence electrons. The van der Waals surface area contributed by atoms with Crippen LogP contribution in [0.15, 0.2) is 30.3 Å². The number of benzene rings is 1. The minimum absolute atomic E-state index is 0.247. The number of carbonyl (C=O) groups excluding carboxylic acids is 5. The van der Waals surface area contributed by atoms with E-state index in [4.69, 9.17) is 14.5 Å². The molecule has 2 fully saturated rings. The Balaban J connectivity index is 1.47. The van der Waals surface area contributed by atoms with Crippen LogP contribution in [-0.2, 0) is 35.1 Å². The third-order valence-electron chi connectivity index (χ3n) is 9.87. The van der Waals surface area contributed by atoms with Gasteiger partial charge in [0, 0.05) is 25.0 Å². The number of hydrazine groups is 1. The predicted molar refractivity (Wildman–Crippen MR) is 186 cm³/mol. The number of ether oxygens (including phenoxy) is 2. The van der Waals surface area contributed by atoms with Crippen molar-refractivity contribution in [1.29, 1.82) is 0 Å². The van der Waals surface area contributed by atoms with Crippen LogP contribution in [-0.4, -0.2) is 88.1 Å². The van der Waals surface area contributed by atoms with Gasteiger partial charge in [-0.05, 0) is 96.8 Å². The smallest absolute Gasteiger partial charge is 0.410 e. The summed E-state index contributed by atoms with van der Waals surface area (Å²) in [5.74, 6) is -2.10. The Labute approximate surface area is 294 Å². The Morgan fingerprint density at radius 3 is 2.32 bits per heavy atom. The lowest BCUT2D eigenvalue weighted by atomic mass is 9.74. The van der Waals surface area contributed by atoms with Crippen molar-refractivity contribution in [2.45, 2.75) is 117 Å². The van der Waals surface area contributed by atoms with Crippen molar-refractivity contribution < 1.29 is 33.4 Å². The summed E-state index contributed by atoms with van der Waals surface area (Å²) < 4.78 is 11.7. The zero-order chi connectivity index (χ0) is 36.4. The van der Waals surface area contributed by atoms with Crippen molar-refractivity contribution in [2.75, 3.05) is 19.6 Å². The SMILES string of the molecule is CC(C)[C@@H]1OC(=O)C2(CCc3ccc4ccc(nc4c3)[C@@H](C)NC(=O)[C@@H]3CCCN(N3)C(=O)[C@H](C)NC1=O)CCN(C(=O)OC(C)(C)C)CC2. The van der Waals surface area contributed by atoms with E-state index in [2.05, 4.69) is 16.1 Å². The van der Waals surface area contributed by atoms with Crippen molar-refractivity contribution in [1.82, 2.24) is 31.0 Å². The first-order valence-corrected chi connectivity index (χ1v) is 17.8. The van der Waals surface area contributed by atoms with Crippen LogP contribution in [0.3, 0.4) is 0 Å². The van der Waals surface area contributed by atoms with Gasteiger partial charge < -0.3 is 25.0 Å². The molecule has 50 heavy (non-hydrogen) atoms. The molecule has 0 saturated carbocycles. The maximum atomic E-state index is 14.3. The van der Waals surface area contributed by atoms with Crippen LogP contribution < -0.4 is 16.1 Å². The topological polar surface area (TPSA) is 159 Å². The lowest BCUT2D eigenvalue weighted by Gasteiger charge is -2.41. The summed E-state index contributed by atoms with van der Waals surface area (Å²) in [6, 6.07) is 7.91. The van der Waals surface area contributed by atoms with Gasteiger partial charge in [0.2, 0.25) is 5.91 Å². The molecule has 3 aliphatic rings. The third-order valence-corrected chi connectivity index (χ3v) is 9.87. The number of aromatic nitrogens is 1. The van der Waals surface area contributed by atoms with Gasteiger partial charge in [-0.1, -0.05) is 32.0 Å². The largest absolute Gasteiger partial charge is 0.452 e. The molecule has 4 heterocycles. The zero-order valence-corrected chi connectivity index (χ0v) is 30.3. The molecule has 2 saturated heterocycles. The van der Waals surface area contributed by atoms with Crippen LogP contribution in [0.1, 0.15) is 97.9 Å². The lowest BCUT2D eigenvalue weighted by molar-refractivity contribution is -0.172. The number of likely N-dealkylation sites (tertiary alicyclic amines) is 1. The number of fused-ring (bicyclic) bond motifs is 4. The van der Waals surface area contributed by atoms with E-state index in [1.54, 1.807) is 25.7 Å². The highest BCUT2D eigenvalue weighted by Gasteiger charge is 2.46. The fourth-order valence-corrected chi connectivity index (χ4v) is 6.80. The Hall–Kier alpha value is -4.26. The Morgan fingerprint density at radius 2 is 1.64 bits per heavy atom. The molecule has 1 spiro atoms. The molecular formula is C37H52N6O7. The number of hydrogen-bond acceptors (Lipinski definition) is 9. The second kappa shape index (κ2) is 14.9. The monoisotopic (exact) mass is 692 g/mol. The molecule has 13 heteroatoms. The lowest BCUT2D eigenvalue weighted by Crippen LogP contribution is -2.61. The molecule has 1 aromatic heterocycles. The van der Waals surface area contributed by atoms with E-state index in [0.717, 1.165) is 16.5 Å². The van der Waals surface area contributed by atoms with Gasteiger partial charge in [-0.25, -0.2) is 10.2 Å². The molecule has 3 N–H and O–H groups in total. The van der Waals surface area contributed by atoms with Crippen LogP contribution in [0.25, 0.3) is 10.9 Å². The van der Waals surface area contributed by atoms with Gasteiger partial charge in [0.05, 0.1) is 22.7 Å². The number of piperidine rings is 1.